The largest absolute Gasteiger partial charge is 0.465 e. The average Bonchev–Trinajstić information content (AvgIpc) is 2.59. The van der Waals surface area contributed by atoms with Crippen LogP contribution in [0.25, 0.3) is 0 Å². The van der Waals surface area contributed by atoms with E-state index in [0.29, 0.717) is 6.42 Å². The molecule has 0 amide bonds. The maximum Gasteiger partial charge on any atom is 0.333 e. The van der Waals surface area contributed by atoms with E-state index in [1.165, 1.54) is 13.8 Å². The van der Waals surface area contributed by atoms with Crippen molar-refractivity contribution in [3.8, 4) is 0 Å². The Bertz CT molecular complexity index is 664. The predicted molar refractivity (Wildman–Crippen MR) is 101 cm³/mol. The maximum absolute atomic E-state index is 12.2. The van der Waals surface area contributed by atoms with Crippen LogP contribution in [0, 0.1) is 5.92 Å². The molecule has 10 heteroatoms. The van der Waals surface area contributed by atoms with E-state index < -0.39 is 52.4 Å². The number of ether oxygens (including phenoxy) is 3. The van der Waals surface area contributed by atoms with Gasteiger partial charge in [-0.2, -0.15) is 8.42 Å². The molecule has 0 aromatic carbocycles. The number of hydrogen-bond donors (Lipinski definition) is 1. The molecule has 0 bridgehead atoms. The molecule has 0 aliphatic heterocycles. The lowest BCUT2D eigenvalue weighted by Gasteiger charge is -2.18. The topological polar surface area (TPSA) is 133 Å². The van der Waals surface area contributed by atoms with E-state index in [-0.39, 0.29) is 30.6 Å². The van der Waals surface area contributed by atoms with Crippen LogP contribution in [0.4, 0.5) is 0 Å². The fourth-order valence-corrected chi connectivity index (χ4v) is 2.88. The third-order valence-corrected chi connectivity index (χ3v) is 4.89. The van der Waals surface area contributed by atoms with Crippen molar-refractivity contribution in [2.24, 2.45) is 5.92 Å². The monoisotopic (exact) mass is 420 g/mol. The van der Waals surface area contributed by atoms with Gasteiger partial charge in [-0.05, 0) is 20.3 Å². The molecule has 28 heavy (non-hydrogen) atoms. The van der Waals surface area contributed by atoms with Gasteiger partial charge in [-0.3, -0.25) is 9.35 Å². The average molecular weight is 420 g/mol. The van der Waals surface area contributed by atoms with Crippen molar-refractivity contribution >= 4 is 28.0 Å². The molecule has 0 aliphatic rings. The fraction of sp³-hybridized carbons (Fsp3) is 0.611. The van der Waals surface area contributed by atoms with Gasteiger partial charge in [0.1, 0.15) is 19.1 Å². The van der Waals surface area contributed by atoms with Crippen LogP contribution >= 0.6 is 0 Å². The molecule has 0 radical (unpaired) electrons. The highest BCUT2D eigenvalue weighted by atomic mass is 32.2. The summed E-state index contributed by atoms with van der Waals surface area (Å²) >= 11 is 0. The van der Waals surface area contributed by atoms with Crippen LogP contribution in [0.1, 0.15) is 40.0 Å². The Balaban J connectivity index is 4.88. The first-order chi connectivity index (χ1) is 12.9. The Morgan fingerprint density at radius 1 is 0.929 bits per heavy atom. The first kappa shape index (κ1) is 25.8. The lowest BCUT2D eigenvalue weighted by Crippen LogP contribution is -2.31. The molecule has 1 atom stereocenters. The van der Waals surface area contributed by atoms with Crippen molar-refractivity contribution < 1.29 is 41.6 Å². The Kier molecular flexibility index (Phi) is 11.3. The lowest BCUT2D eigenvalue weighted by atomic mass is 10.1. The van der Waals surface area contributed by atoms with E-state index in [4.69, 9.17) is 14.2 Å². The van der Waals surface area contributed by atoms with E-state index in [1.807, 2.05) is 0 Å². The summed E-state index contributed by atoms with van der Waals surface area (Å²) in [6.45, 7) is 10.4. The number of carbonyl (C=O) groups excluding carboxylic acids is 3. The van der Waals surface area contributed by atoms with E-state index >= 15 is 0 Å². The highest BCUT2D eigenvalue weighted by molar-refractivity contribution is 7.86. The lowest BCUT2D eigenvalue weighted by molar-refractivity contribution is -0.158. The smallest absolute Gasteiger partial charge is 0.333 e. The third-order valence-electron chi connectivity index (χ3n) is 3.58. The molecule has 0 aliphatic carbocycles. The predicted octanol–water partition coefficient (Wildman–Crippen LogP) is 1.83. The van der Waals surface area contributed by atoms with Crippen molar-refractivity contribution in [3.63, 3.8) is 0 Å². The summed E-state index contributed by atoms with van der Waals surface area (Å²) in [7, 11) is -4.26. The number of esters is 3. The summed E-state index contributed by atoms with van der Waals surface area (Å²) in [5.41, 5.74) is 0.253. The van der Waals surface area contributed by atoms with Crippen LogP contribution in [-0.4, -0.2) is 55.9 Å². The highest BCUT2D eigenvalue weighted by Crippen LogP contribution is 2.13. The quantitative estimate of drug-likeness (QED) is 0.205. The maximum atomic E-state index is 12.2. The van der Waals surface area contributed by atoms with Gasteiger partial charge in [0.2, 0.25) is 0 Å². The normalized spacial score (nSPS) is 12.2. The summed E-state index contributed by atoms with van der Waals surface area (Å²) in [4.78, 5) is 35.3. The minimum Gasteiger partial charge on any atom is -0.465 e. The zero-order valence-corrected chi connectivity index (χ0v) is 17.2. The van der Waals surface area contributed by atoms with E-state index in [2.05, 4.69) is 13.2 Å². The van der Waals surface area contributed by atoms with Crippen LogP contribution in [0.2, 0.25) is 0 Å². The number of hydrogen-bond acceptors (Lipinski definition) is 8. The second kappa shape index (κ2) is 12.3. The van der Waals surface area contributed by atoms with Crippen LogP contribution in [0.3, 0.4) is 0 Å². The Labute approximate surface area is 165 Å². The highest BCUT2D eigenvalue weighted by Gasteiger charge is 2.26. The summed E-state index contributed by atoms with van der Waals surface area (Å²) in [6, 6.07) is 0. The third kappa shape index (κ3) is 10.2. The van der Waals surface area contributed by atoms with Gasteiger partial charge in [0.15, 0.2) is 0 Å². The van der Waals surface area contributed by atoms with E-state index in [1.54, 1.807) is 6.92 Å². The van der Waals surface area contributed by atoms with Gasteiger partial charge in [0.05, 0.1) is 11.9 Å². The van der Waals surface area contributed by atoms with Gasteiger partial charge in [0, 0.05) is 17.6 Å². The molecule has 160 valence electrons. The van der Waals surface area contributed by atoms with Crippen molar-refractivity contribution in [3.05, 3.63) is 24.3 Å². The van der Waals surface area contributed by atoms with E-state index in [9.17, 15) is 27.4 Å². The first-order valence-electron chi connectivity index (χ1n) is 8.68. The zero-order chi connectivity index (χ0) is 21.9. The Morgan fingerprint density at radius 3 is 1.75 bits per heavy atom. The van der Waals surface area contributed by atoms with Gasteiger partial charge < -0.3 is 14.2 Å². The van der Waals surface area contributed by atoms with Crippen molar-refractivity contribution in [2.45, 2.75) is 45.3 Å². The first-order valence-corrected chi connectivity index (χ1v) is 10.2. The van der Waals surface area contributed by atoms with Gasteiger partial charge in [-0.15, -0.1) is 0 Å². The molecule has 0 aromatic rings. The summed E-state index contributed by atoms with van der Waals surface area (Å²) < 4.78 is 46.6. The van der Waals surface area contributed by atoms with Crippen molar-refractivity contribution in [2.75, 3.05) is 19.8 Å². The molecule has 9 nitrogen and oxygen atoms in total. The van der Waals surface area contributed by atoms with Gasteiger partial charge in [-0.25, -0.2) is 9.59 Å². The molecule has 0 spiro atoms. The van der Waals surface area contributed by atoms with Crippen LogP contribution < -0.4 is 0 Å². The van der Waals surface area contributed by atoms with Crippen LogP contribution in [-0.2, 0) is 38.7 Å². The Hall–Kier alpha value is -2.20. The zero-order valence-electron chi connectivity index (χ0n) is 16.4. The minimum absolute atomic E-state index is 0.0950. The SMILES string of the molecule is C=C(C)C(=O)OCC(COC(=O)C(=C)C)C(=O)OCCC(CCC)S(=O)(=O)O. The molecule has 0 rings (SSSR count). The minimum atomic E-state index is -4.26. The van der Waals surface area contributed by atoms with Gasteiger partial charge in [-0.1, -0.05) is 26.5 Å². The summed E-state index contributed by atoms with van der Waals surface area (Å²) in [5.74, 6) is -3.40. The molecule has 1 N–H and O–H groups in total. The molecular weight excluding hydrogens is 392 g/mol. The number of carbonyl (C=O) groups is 3. The molecule has 0 saturated carbocycles. The van der Waals surface area contributed by atoms with Gasteiger partial charge >= 0.3 is 17.9 Å². The van der Waals surface area contributed by atoms with Crippen LogP contribution in [0.15, 0.2) is 24.3 Å². The fourth-order valence-electron chi connectivity index (χ4n) is 1.96. The van der Waals surface area contributed by atoms with Crippen molar-refractivity contribution in [1.82, 2.24) is 0 Å². The second-order valence-corrected chi connectivity index (χ2v) is 8.03. The van der Waals surface area contributed by atoms with E-state index in [0.717, 1.165) is 0 Å². The second-order valence-electron chi connectivity index (χ2n) is 6.34. The van der Waals surface area contributed by atoms with Crippen LogP contribution in [0.5, 0.6) is 0 Å². The number of rotatable bonds is 13. The molecule has 0 aromatic heterocycles. The summed E-state index contributed by atoms with van der Waals surface area (Å²) in [5, 5.41) is -1.05. The summed E-state index contributed by atoms with van der Waals surface area (Å²) in [6.07, 6.45) is 0.642. The Morgan fingerprint density at radius 2 is 1.39 bits per heavy atom. The molecule has 0 heterocycles. The molecule has 1 unspecified atom stereocenters. The molecule has 0 saturated heterocycles. The van der Waals surface area contributed by atoms with Crippen molar-refractivity contribution in [1.29, 1.82) is 0 Å². The molecular formula is C18H28O9S. The standard InChI is InChI=1S/C18H28O9S/c1-6-7-15(28(22,23)24)8-9-25-18(21)14(10-26-16(19)12(2)3)11-27-17(20)13(4)5/h14-15H,2,4,6-11H2,1,3,5H3,(H,22,23,24). The van der Waals surface area contributed by atoms with Gasteiger partial charge in [0.25, 0.3) is 10.1 Å². The molecule has 0 fully saturated rings.